The molecule has 1 unspecified atom stereocenters. The predicted octanol–water partition coefficient (Wildman–Crippen LogP) is 1.24. The van der Waals surface area contributed by atoms with Crippen LogP contribution in [0.3, 0.4) is 0 Å². The van der Waals surface area contributed by atoms with E-state index in [1.54, 1.807) is 11.8 Å². The minimum atomic E-state index is 0.273. The number of methoxy groups -OCH3 is 1. The molecule has 5 nitrogen and oxygen atoms in total. The van der Waals surface area contributed by atoms with E-state index in [1.807, 2.05) is 14.0 Å². The Labute approximate surface area is 109 Å². The largest absolute Gasteiger partial charge is 0.481 e. The van der Waals surface area contributed by atoms with Gasteiger partial charge in [-0.1, -0.05) is 6.92 Å². The molecule has 18 heavy (non-hydrogen) atoms. The smallest absolute Gasteiger partial charge is 0.216 e. The van der Waals surface area contributed by atoms with Gasteiger partial charge in [-0.15, -0.1) is 0 Å². The molecule has 1 aromatic heterocycles. The highest BCUT2D eigenvalue weighted by Crippen LogP contribution is 2.20. The fourth-order valence-electron chi connectivity index (χ4n) is 2.02. The second-order valence-corrected chi connectivity index (χ2v) is 4.80. The molecule has 0 bridgehead atoms. The summed E-state index contributed by atoms with van der Waals surface area (Å²) < 4.78 is 7.10. The zero-order valence-electron chi connectivity index (χ0n) is 11.9. The monoisotopic (exact) mass is 255 g/mol. The van der Waals surface area contributed by atoms with E-state index in [2.05, 4.69) is 17.3 Å². The van der Waals surface area contributed by atoms with E-state index in [9.17, 15) is 0 Å². The molecule has 1 atom stereocenters. The van der Waals surface area contributed by atoms with Crippen LogP contribution >= 0.6 is 0 Å². The average Bonchev–Trinajstić information content (AvgIpc) is 2.62. The van der Waals surface area contributed by atoms with Crippen LogP contribution in [0.2, 0.25) is 0 Å². The summed E-state index contributed by atoms with van der Waals surface area (Å²) in [6.07, 6.45) is 2.12. The Hall–Kier alpha value is -1.07. The van der Waals surface area contributed by atoms with Gasteiger partial charge in [-0.3, -0.25) is 0 Å². The third-order valence-corrected chi connectivity index (χ3v) is 3.15. The maximum absolute atomic E-state index is 8.93. The first-order chi connectivity index (χ1) is 8.60. The Morgan fingerprint density at radius 2 is 2.22 bits per heavy atom. The van der Waals surface area contributed by atoms with E-state index >= 15 is 0 Å². The summed E-state index contributed by atoms with van der Waals surface area (Å²) in [5.74, 6) is 1.21. The van der Waals surface area contributed by atoms with Crippen LogP contribution in [0.15, 0.2) is 0 Å². The first-order valence-electron chi connectivity index (χ1n) is 6.48. The van der Waals surface area contributed by atoms with Crippen LogP contribution in [0.5, 0.6) is 5.88 Å². The molecule has 0 aliphatic carbocycles. The van der Waals surface area contributed by atoms with Gasteiger partial charge in [0.2, 0.25) is 5.88 Å². The van der Waals surface area contributed by atoms with Crippen LogP contribution in [-0.2, 0) is 13.6 Å². The van der Waals surface area contributed by atoms with E-state index < -0.39 is 0 Å². The Balaban J connectivity index is 2.35. The number of aryl methyl sites for hydroxylation is 2. The molecule has 0 saturated heterocycles. The number of rotatable bonds is 8. The van der Waals surface area contributed by atoms with Gasteiger partial charge in [0.25, 0.3) is 0 Å². The molecule has 1 heterocycles. The Morgan fingerprint density at radius 1 is 1.50 bits per heavy atom. The Morgan fingerprint density at radius 3 is 2.83 bits per heavy atom. The van der Waals surface area contributed by atoms with Crippen molar-refractivity contribution in [3.63, 3.8) is 0 Å². The first-order valence-corrected chi connectivity index (χ1v) is 6.48. The number of aromatic nitrogens is 2. The molecule has 0 aromatic carbocycles. The fraction of sp³-hybridized carbons (Fsp3) is 0.769. The van der Waals surface area contributed by atoms with Crippen molar-refractivity contribution in [2.24, 2.45) is 13.0 Å². The van der Waals surface area contributed by atoms with Gasteiger partial charge in [-0.2, -0.15) is 5.10 Å². The summed E-state index contributed by atoms with van der Waals surface area (Å²) in [5, 5.41) is 16.7. The molecule has 5 heteroatoms. The zero-order chi connectivity index (χ0) is 13.5. The number of hydrogen-bond donors (Lipinski definition) is 2. The van der Waals surface area contributed by atoms with Crippen LogP contribution in [0.25, 0.3) is 0 Å². The number of hydrogen-bond acceptors (Lipinski definition) is 4. The maximum atomic E-state index is 8.93. The molecular formula is C13H25N3O2. The van der Waals surface area contributed by atoms with Gasteiger partial charge in [0.15, 0.2) is 0 Å². The third kappa shape index (κ3) is 3.99. The van der Waals surface area contributed by atoms with Crippen molar-refractivity contribution in [3.05, 3.63) is 11.3 Å². The molecule has 0 aliphatic heterocycles. The van der Waals surface area contributed by atoms with E-state index in [-0.39, 0.29) is 6.61 Å². The lowest BCUT2D eigenvalue weighted by atomic mass is 10.1. The van der Waals surface area contributed by atoms with Crippen molar-refractivity contribution in [2.75, 3.05) is 20.3 Å². The molecule has 0 saturated carbocycles. The van der Waals surface area contributed by atoms with Crippen LogP contribution < -0.4 is 10.1 Å². The molecule has 0 fully saturated rings. The van der Waals surface area contributed by atoms with E-state index in [0.717, 1.165) is 43.1 Å². The SMILES string of the molecule is COc1c(CNCCCC(C)CO)c(C)nn1C. The summed E-state index contributed by atoms with van der Waals surface area (Å²) in [5.41, 5.74) is 2.13. The van der Waals surface area contributed by atoms with Crippen LogP contribution in [-0.4, -0.2) is 35.1 Å². The summed E-state index contributed by atoms with van der Waals surface area (Å²) >= 11 is 0. The van der Waals surface area contributed by atoms with Gasteiger partial charge >= 0.3 is 0 Å². The van der Waals surface area contributed by atoms with Crippen molar-refractivity contribution in [2.45, 2.75) is 33.2 Å². The van der Waals surface area contributed by atoms with Gasteiger partial charge in [0, 0.05) is 20.2 Å². The van der Waals surface area contributed by atoms with Gasteiger partial charge in [0.1, 0.15) is 0 Å². The quantitative estimate of drug-likeness (QED) is 0.686. The summed E-state index contributed by atoms with van der Waals surface area (Å²) in [7, 11) is 3.56. The number of nitrogens with one attached hydrogen (secondary N) is 1. The second-order valence-electron chi connectivity index (χ2n) is 4.80. The third-order valence-electron chi connectivity index (χ3n) is 3.15. The zero-order valence-corrected chi connectivity index (χ0v) is 11.9. The maximum Gasteiger partial charge on any atom is 0.216 e. The fourth-order valence-corrected chi connectivity index (χ4v) is 2.02. The molecule has 104 valence electrons. The lowest BCUT2D eigenvalue weighted by Gasteiger charge is -2.09. The molecule has 1 rings (SSSR count). The molecule has 1 aromatic rings. The lowest BCUT2D eigenvalue weighted by Crippen LogP contribution is -2.16. The molecule has 0 aliphatic rings. The predicted molar refractivity (Wildman–Crippen MR) is 71.7 cm³/mol. The highest BCUT2D eigenvalue weighted by Gasteiger charge is 2.12. The molecular weight excluding hydrogens is 230 g/mol. The lowest BCUT2D eigenvalue weighted by molar-refractivity contribution is 0.228. The standard InChI is InChI=1S/C13H25N3O2/c1-10(9-17)6-5-7-14-8-12-11(2)15-16(3)13(12)18-4/h10,14,17H,5-9H2,1-4H3. The van der Waals surface area contributed by atoms with Gasteiger partial charge in [0.05, 0.1) is 18.4 Å². The normalized spacial score (nSPS) is 12.7. The van der Waals surface area contributed by atoms with Gasteiger partial charge in [-0.25, -0.2) is 4.68 Å². The summed E-state index contributed by atoms with van der Waals surface area (Å²) in [6, 6.07) is 0. The average molecular weight is 255 g/mol. The summed E-state index contributed by atoms with van der Waals surface area (Å²) in [6.45, 7) is 6.05. The van der Waals surface area contributed by atoms with Gasteiger partial charge in [-0.05, 0) is 32.2 Å². The van der Waals surface area contributed by atoms with Gasteiger partial charge < -0.3 is 15.2 Å². The van der Waals surface area contributed by atoms with Crippen molar-refractivity contribution >= 4 is 0 Å². The van der Waals surface area contributed by atoms with Crippen LogP contribution in [0.1, 0.15) is 31.0 Å². The first kappa shape index (κ1) is 15.0. The summed E-state index contributed by atoms with van der Waals surface area (Å²) in [4.78, 5) is 0. The molecule has 0 radical (unpaired) electrons. The topological polar surface area (TPSA) is 59.3 Å². The minimum absolute atomic E-state index is 0.273. The van der Waals surface area contributed by atoms with E-state index in [0.29, 0.717) is 5.92 Å². The minimum Gasteiger partial charge on any atom is -0.481 e. The van der Waals surface area contributed by atoms with Crippen molar-refractivity contribution in [3.8, 4) is 5.88 Å². The second kappa shape index (κ2) is 7.38. The number of ether oxygens (including phenoxy) is 1. The molecule has 2 N–H and O–H groups in total. The van der Waals surface area contributed by atoms with Crippen LogP contribution in [0, 0.1) is 12.8 Å². The molecule has 0 spiro atoms. The number of aliphatic hydroxyl groups excluding tert-OH is 1. The van der Waals surface area contributed by atoms with Crippen molar-refractivity contribution in [1.82, 2.24) is 15.1 Å². The van der Waals surface area contributed by atoms with Crippen molar-refractivity contribution < 1.29 is 9.84 Å². The number of nitrogens with zero attached hydrogens (tertiary/aromatic N) is 2. The van der Waals surface area contributed by atoms with Crippen molar-refractivity contribution in [1.29, 1.82) is 0 Å². The van der Waals surface area contributed by atoms with E-state index in [1.165, 1.54) is 0 Å². The van der Waals surface area contributed by atoms with E-state index in [4.69, 9.17) is 9.84 Å². The van der Waals surface area contributed by atoms with Crippen LogP contribution in [0.4, 0.5) is 0 Å². The number of aliphatic hydroxyl groups is 1. The highest BCUT2D eigenvalue weighted by molar-refractivity contribution is 5.30. The Bertz CT molecular complexity index is 363. The Kier molecular flexibility index (Phi) is 6.15. The molecule has 0 amide bonds. The highest BCUT2D eigenvalue weighted by atomic mass is 16.5.